The van der Waals surface area contributed by atoms with Gasteiger partial charge in [0, 0.05) is 44.0 Å². The van der Waals surface area contributed by atoms with Gasteiger partial charge in [0.1, 0.15) is 11.6 Å². The first-order valence-corrected chi connectivity index (χ1v) is 10.2. The van der Waals surface area contributed by atoms with Crippen LogP contribution in [0.3, 0.4) is 0 Å². The van der Waals surface area contributed by atoms with E-state index in [0.717, 1.165) is 43.0 Å². The maximum Gasteiger partial charge on any atom is 0.213 e. The van der Waals surface area contributed by atoms with Crippen LogP contribution in [0.2, 0.25) is 0 Å². The van der Waals surface area contributed by atoms with E-state index in [0.29, 0.717) is 12.4 Å². The van der Waals surface area contributed by atoms with Crippen LogP contribution in [0.25, 0.3) is 11.4 Å². The van der Waals surface area contributed by atoms with E-state index < -0.39 is 12.1 Å². The second-order valence-electron chi connectivity index (χ2n) is 7.80. The van der Waals surface area contributed by atoms with Gasteiger partial charge >= 0.3 is 0 Å². The fraction of sp³-hybridized carbons (Fsp3) is 0.348. The number of anilines is 1. The fourth-order valence-corrected chi connectivity index (χ4v) is 3.87. The third kappa shape index (κ3) is 4.68. The van der Waals surface area contributed by atoms with Gasteiger partial charge < -0.3 is 10.0 Å². The first-order chi connectivity index (χ1) is 14.5. The van der Waals surface area contributed by atoms with Gasteiger partial charge in [0.2, 0.25) is 5.95 Å². The Bertz CT molecular complexity index is 964. The summed E-state index contributed by atoms with van der Waals surface area (Å²) in [6.45, 7) is 5.77. The Morgan fingerprint density at radius 3 is 2.27 bits per heavy atom. The summed E-state index contributed by atoms with van der Waals surface area (Å²) < 4.78 is 28.9. The van der Waals surface area contributed by atoms with Crippen LogP contribution < -0.4 is 4.90 Å². The van der Waals surface area contributed by atoms with E-state index in [4.69, 9.17) is 0 Å². The monoisotopic (exact) mass is 412 g/mol. The van der Waals surface area contributed by atoms with Crippen molar-refractivity contribution in [3.05, 3.63) is 72.1 Å². The molecule has 0 saturated carbocycles. The highest BCUT2D eigenvalue weighted by Crippen LogP contribution is 2.21. The molecule has 158 valence electrons. The van der Waals surface area contributed by atoms with Gasteiger partial charge in [-0.15, -0.1) is 0 Å². The van der Waals surface area contributed by atoms with Crippen molar-refractivity contribution >= 4 is 5.69 Å². The molecule has 1 unspecified atom stereocenters. The van der Waals surface area contributed by atoms with Crippen LogP contribution in [0.5, 0.6) is 0 Å². The molecule has 1 aliphatic rings. The van der Waals surface area contributed by atoms with E-state index in [9.17, 15) is 13.9 Å². The minimum atomic E-state index is -0.713. The summed E-state index contributed by atoms with van der Waals surface area (Å²) in [6.07, 6.45) is 0.485. The quantitative estimate of drug-likeness (QED) is 0.675. The number of aryl methyl sites for hydroxylation is 1. The van der Waals surface area contributed by atoms with Gasteiger partial charge in [0.05, 0.1) is 18.8 Å². The first-order valence-electron chi connectivity index (χ1n) is 10.2. The molecule has 2 heterocycles. The summed E-state index contributed by atoms with van der Waals surface area (Å²) in [4.78, 5) is 8.57. The van der Waals surface area contributed by atoms with Gasteiger partial charge in [-0.2, -0.15) is 4.39 Å². The maximum absolute atomic E-state index is 14.3. The van der Waals surface area contributed by atoms with Gasteiger partial charge in [-0.05, 0) is 31.2 Å². The Hall–Kier alpha value is -2.77. The molecule has 1 atom stereocenters. The van der Waals surface area contributed by atoms with Crippen molar-refractivity contribution in [2.45, 2.75) is 19.6 Å². The highest BCUT2D eigenvalue weighted by Gasteiger charge is 2.21. The Labute approximate surface area is 175 Å². The van der Waals surface area contributed by atoms with Crippen LogP contribution in [0.4, 0.5) is 14.5 Å². The number of halogens is 2. The highest BCUT2D eigenvalue weighted by molar-refractivity contribution is 5.56. The number of aliphatic hydroxyl groups is 1. The molecule has 7 heteroatoms. The SMILES string of the molecule is Cc1ccc(-c2ncc(F)n2CC(O)CN2CCN(c3ccc(F)cc3)CC2)cc1. The lowest BCUT2D eigenvalue weighted by atomic mass is 10.1. The molecule has 0 bridgehead atoms. The van der Waals surface area contributed by atoms with Crippen molar-refractivity contribution < 1.29 is 13.9 Å². The van der Waals surface area contributed by atoms with Gasteiger partial charge in [-0.3, -0.25) is 9.47 Å². The van der Waals surface area contributed by atoms with Crippen molar-refractivity contribution in [3.8, 4) is 11.4 Å². The minimum absolute atomic E-state index is 0.146. The molecule has 0 radical (unpaired) electrons. The number of β-amino-alcohol motifs (C(OH)–C–C–N with tert-alkyl or cyclic N) is 1. The Kier molecular flexibility index (Phi) is 6.11. The van der Waals surface area contributed by atoms with Crippen LogP contribution in [0.15, 0.2) is 54.7 Å². The number of nitrogens with zero attached hydrogens (tertiary/aromatic N) is 4. The molecule has 0 amide bonds. The first kappa shape index (κ1) is 20.5. The van der Waals surface area contributed by atoms with Crippen molar-refractivity contribution in [1.29, 1.82) is 0 Å². The van der Waals surface area contributed by atoms with E-state index >= 15 is 0 Å². The summed E-state index contributed by atoms with van der Waals surface area (Å²) >= 11 is 0. The number of hydrogen-bond acceptors (Lipinski definition) is 4. The zero-order valence-corrected chi connectivity index (χ0v) is 17.0. The van der Waals surface area contributed by atoms with Crippen LogP contribution >= 0.6 is 0 Å². The van der Waals surface area contributed by atoms with E-state index in [1.54, 1.807) is 12.1 Å². The second-order valence-corrected chi connectivity index (χ2v) is 7.80. The molecule has 1 saturated heterocycles. The third-order valence-corrected chi connectivity index (χ3v) is 5.54. The topological polar surface area (TPSA) is 44.5 Å². The highest BCUT2D eigenvalue weighted by atomic mass is 19.1. The molecule has 1 aliphatic heterocycles. The normalized spacial score (nSPS) is 16.1. The summed E-state index contributed by atoms with van der Waals surface area (Å²) in [6, 6.07) is 14.3. The average molecular weight is 412 g/mol. The van der Waals surface area contributed by atoms with Crippen molar-refractivity contribution in [3.63, 3.8) is 0 Å². The molecule has 5 nitrogen and oxygen atoms in total. The number of rotatable bonds is 6. The molecule has 3 aromatic rings. The fourth-order valence-electron chi connectivity index (χ4n) is 3.87. The molecule has 2 aromatic carbocycles. The molecule has 1 N–H and O–H groups in total. The largest absolute Gasteiger partial charge is 0.390 e. The van der Waals surface area contributed by atoms with Gasteiger partial charge in [-0.25, -0.2) is 9.37 Å². The molecular formula is C23H26F2N4O. The van der Waals surface area contributed by atoms with E-state index in [2.05, 4.69) is 14.8 Å². The van der Waals surface area contributed by atoms with Crippen LogP contribution in [0, 0.1) is 18.7 Å². The summed E-state index contributed by atoms with van der Waals surface area (Å²) in [5.41, 5.74) is 2.95. The van der Waals surface area contributed by atoms with E-state index in [1.165, 1.54) is 22.9 Å². The smallest absolute Gasteiger partial charge is 0.213 e. The average Bonchev–Trinajstić information content (AvgIpc) is 3.10. The zero-order chi connectivity index (χ0) is 21.1. The predicted octanol–water partition coefficient (Wildman–Crippen LogP) is 3.32. The number of benzene rings is 2. The Morgan fingerprint density at radius 2 is 1.60 bits per heavy atom. The number of aromatic nitrogens is 2. The number of imidazole rings is 1. The predicted molar refractivity (Wildman–Crippen MR) is 113 cm³/mol. The second kappa shape index (κ2) is 8.93. The van der Waals surface area contributed by atoms with Gasteiger partial charge in [0.15, 0.2) is 0 Å². The minimum Gasteiger partial charge on any atom is -0.390 e. The van der Waals surface area contributed by atoms with E-state index in [-0.39, 0.29) is 12.4 Å². The molecule has 0 aliphatic carbocycles. The lowest BCUT2D eigenvalue weighted by Crippen LogP contribution is -2.49. The van der Waals surface area contributed by atoms with Gasteiger partial charge in [-0.1, -0.05) is 29.8 Å². The molecule has 1 aromatic heterocycles. The van der Waals surface area contributed by atoms with E-state index in [1.807, 2.05) is 31.2 Å². The van der Waals surface area contributed by atoms with Crippen LogP contribution in [-0.4, -0.2) is 58.4 Å². The Morgan fingerprint density at radius 1 is 0.933 bits per heavy atom. The van der Waals surface area contributed by atoms with Crippen LogP contribution in [-0.2, 0) is 6.54 Å². The summed E-state index contributed by atoms with van der Waals surface area (Å²) in [5.74, 6) is -0.171. The lowest BCUT2D eigenvalue weighted by molar-refractivity contribution is 0.0926. The summed E-state index contributed by atoms with van der Waals surface area (Å²) in [5, 5.41) is 10.6. The molecule has 30 heavy (non-hydrogen) atoms. The zero-order valence-electron chi connectivity index (χ0n) is 17.0. The Balaban J connectivity index is 1.34. The third-order valence-electron chi connectivity index (χ3n) is 5.54. The molecule has 4 rings (SSSR count). The lowest BCUT2D eigenvalue weighted by Gasteiger charge is -2.37. The van der Waals surface area contributed by atoms with Gasteiger partial charge in [0.25, 0.3) is 0 Å². The standard InChI is InChI=1S/C23H26F2N4O/c1-17-2-4-18(5-3-17)23-26-14-22(25)29(23)16-21(30)15-27-10-12-28(13-11-27)20-8-6-19(24)7-9-20/h2-9,14,21,30H,10-13,15-16H2,1H3. The van der Waals surface area contributed by atoms with Crippen molar-refractivity contribution in [2.75, 3.05) is 37.6 Å². The molecular weight excluding hydrogens is 386 g/mol. The van der Waals surface area contributed by atoms with Crippen molar-refractivity contribution in [1.82, 2.24) is 14.5 Å². The number of piperazine rings is 1. The summed E-state index contributed by atoms with van der Waals surface area (Å²) in [7, 11) is 0. The molecule has 0 spiro atoms. The van der Waals surface area contributed by atoms with Crippen molar-refractivity contribution in [2.24, 2.45) is 0 Å². The van der Waals surface area contributed by atoms with Crippen LogP contribution in [0.1, 0.15) is 5.56 Å². The number of hydrogen-bond donors (Lipinski definition) is 1. The molecule has 1 fully saturated rings. The number of aliphatic hydroxyl groups excluding tert-OH is 1. The maximum atomic E-state index is 14.3.